The number of carbonyl (C=O) groups is 3. The van der Waals surface area contributed by atoms with Gasteiger partial charge in [0.2, 0.25) is 0 Å². The molecule has 3 rings (SSSR count). The second kappa shape index (κ2) is 8.97. The number of alkyl carbamates (subject to hydrolysis) is 1. The molecule has 0 aromatic carbocycles. The zero-order chi connectivity index (χ0) is 20.3. The summed E-state index contributed by atoms with van der Waals surface area (Å²) in [6.07, 6.45) is 5.19. The van der Waals surface area contributed by atoms with Gasteiger partial charge >= 0.3 is 18.0 Å². The van der Waals surface area contributed by atoms with Crippen LogP contribution in [0, 0.1) is 23.7 Å². The maximum absolute atomic E-state index is 13.0. The van der Waals surface area contributed by atoms with Crippen LogP contribution in [0.5, 0.6) is 0 Å². The van der Waals surface area contributed by atoms with Crippen LogP contribution in [0.4, 0.5) is 4.79 Å². The van der Waals surface area contributed by atoms with E-state index in [1.54, 1.807) is 6.92 Å². The molecule has 1 saturated heterocycles. The minimum absolute atomic E-state index is 0.0348. The van der Waals surface area contributed by atoms with Crippen LogP contribution in [0.3, 0.4) is 0 Å². The van der Waals surface area contributed by atoms with E-state index in [0.717, 1.165) is 31.3 Å². The van der Waals surface area contributed by atoms with E-state index in [2.05, 4.69) is 12.2 Å². The molecular formula is C21H31NO6. The molecule has 0 spiro atoms. The fourth-order valence-electron chi connectivity index (χ4n) is 4.89. The molecule has 0 unspecified atom stereocenters. The average molecular weight is 393 g/mol. The van der Waals surface area contributed by atoms with E-state index in [9.17, 15) is 14.4 Å². The summed E-state index contributed by atoms with van der Waals surface area (Å²) in [6, 6.07) is -0.0512. The number of amides is 1. The molecule has 2 fully saturated rings. The smallest absolute Gasteiger partial charge is 0.407 e. The minimum atomic E-state index is -0.426. The van der Waals surface area contributed by atoms with Crippen LogP contribution < -0.4 is 5.32 Å². The molecule has 1 heterocycles. The Balaban J connectivity index is 1.78. The summed E-state index contributed by atoms with van der Waals surface area (Å²) in [5.41, 5.74) is 1.05. The molecule has 1 amide bonds. The predicted octanol–water partition coefficient (Wildman–Crippen LogP) is 2.98. The maximum Gasteiger partial charge on any atom is 0.407 e. The molecule has 156 valence electrons. The second-order valence-corrected chi connectivity index (χ2v) is 7.98. The quantitative estimate of drug-likeness (QED) is 0.323. The van der Waals surface area contributed by atoms with Crippen LogP contribution in [0.15, 0.2) is 11.6 Å². The highest BCUT2D eigenvalue weighted by Gasteiger charge is 2.55. The van der Waals surface area contributed by atoms with E-state index in [1.165, 1.54) is 0 Å². The molecule has 28 heavy (non-hydrogen) atoms. The number of carbonyl (C=O) groups excluding carboxylic acids is 3. The van der Waals surface area contributed by atoms with Gasteiger partial charge in [0.1, 0.15) is 6.10 Å². The first-order valence-electron chi connectivity index (χ1n) is 10.5. The molecule has 2 aliphatic carbocycles. The average Bonchev–Trinajstić information content (AvgIpc) is 2.93. The van der Waals surface area contributed by atoms with E-state index in [-0.39, 0.29) is 41.8 Å². The monoisotopic (exact) mass is 393 g/mol. The zero-order valence-electron chi connectivity index (χ0n) is 16.9. The van der Waals surface area contributed by atoms with Gasteiger partial charge < -0.3 is 19.5 Å². The van der Waals surface area contributed by atoms with E-state index in [1.807, 2.05) is 13.0 Å². The standard InChI is InChI=1S/C21H31NO6/c1-4-6-9-27-20(24)18-15-8-7-14(22-21(25)26-5-2)10-13(15)11-16-17(18)12(3)28-19(16)23/h11-12,14-18H,4-10H2,1-3H3,(H,22,25)/t12-,14-,15-,16-,17-,18+/m1/s1. The fraction of sp³-hybridized carbons (Fsp3) is 0.762. The van der Waals surface area contributed by atoms with Crippen LogP contribution in [-0.4, -0.2) is 43.4 Å². The number of hydrogen-bond donors (Lipinski definition) is 1. The van der Waals surface area contributed by atoms with Crippen molar-refractivity contribution in [2.75, 3.05) is 13.2 Å². The molecule has 3 aliphatic rings. The van der Waals surface area contributed by atoms with E-state index in [0.29, 0.717) is 19.6 Å². The number of unbranched alkanes of at least 4 members (excludes halogenated alkanes) is 1. The Hall–Kier alpha value is -2.05. The number of ether oxygens (including phenoxy) is 3. The Labute approximate surface area is 166 Å². The number of rotatable bonds is 6. The first-order valence-corrected chi connectivity index (χ1v) is 10.5. The van der Waals surface area contributed by atoms with Crippen molar-refractivity contribution in [3.05, 3.63) is 11.6 Å². The lowest BCUT2D eigenvalue weighted by Gasteiger charge is -2.42. The Morgan fingerprint density at radius 1 is 1.25 bits per heavy atom. The number of esters is 2. The largest absolute Gasteiger partial charge is 0.465 e. The van der Waals surface area contributed by atoms with Gasteiger partial charge in [-0.1, -0.05) is 25.0 Å². The van der Waals surface area contributed by atoms with Crippen LogP contribution in [0.1, 0.15) is 52.9 Å². The van der Waals surface area contributed by atoms with Crippen molar-refractivity contribution in [1.29, 1.82) is 0 Å². The summed E-state index contributed by atoms with van der Waals surface area (Å²) in [6.45, 7) is 6.41. The zero-order valence-corrected chi connectivity index (χ0v) is 16.9. The van der Waals surface area contributed by atoms with Crippen molar-refractivity contribution in [3.63, 3.8) is 0 Å². The van der Waals surface area contributed by atoms with Gasteiger partial charge in [0, 0.05) is 12.0 Å². The van der Waals surface area contributed by atoms with Gasteiger partial charge in [0.05, 0.1) is 25.0 Å². The van der Waals surface area contributed by atoms with Gasteiger partial charge in [-0.3, -0.25) is 9.59 Å². The molecule has 0 aromatic heterocycles. The molecule has 0 radical (unpaired) electrons. The van der Waals surface area contributed by atoms with Crippen molar-refractivity contribution in [2.24, 2.45) is 23.7 Å². The molecule has 0 bridgehead atoms. The Morgan fingerprint density at radius 3 is 2.75 bits per heavy atom. The SMILES string of the molecule is CCCCOC(=O)[C@@H]1[C@@H]2[C@@H](C)OC(=O)[C@@H]2C=C2C[C@H](NC(=O)OCC)CC[C@H]21. The Bertz CT molecular complexity index is 645. The molecule has 0 aromatic rings. The van der Waals surface area contributed by atoms with Gasteiger partial charge in [-0.15, -0.1) is 0 Å². The molecule has 1 aliphatic heterocycles. The normalized spacial score (nSPS) is 33.8. The summed E-state index contributed by atoms with van der Waals surface area (Å²) in [5.74, 6) is -1.41. The molecule has 7 nitrogen and oxygen atoms in total. The number of nitrogens with one attached hydrogen (secondary N) is 1. The van der Waals surface area contributed by atoms with Gasteiger partial charge in [-0.05, 0) is 45.4 Å². The second-order valence-electron chi connectivity index (χ2n) is 7.98. The third-order valence-corrected chi connectivity index (χ3v) is 6.17. The third-order valence-electron chi connectivity index (χ3n) is 6.17. The van der Waals surface area contributed by atoms with E-state index in [4.69, 9.17) is 14.2 Å². The lowest BCUT2D eigenvalue weighted by atomic mass is 9.62. The van der Waals surface area contributed by atoms with Gasteiger partial charge in [-0.25, -0.2) is 4.79 Å². The van der Waals surface area contributed by atoms with E-state index >= 15 is 0 Å². The highest BCUT2D eigenvalue weighted by Crippen LogP contribution is 2.50. The van der Waals surface area contributed by atoms with Gasteiger partial charge in [-0.2, -0.15) is 0 Å². The molecule has 1 saturated carbocycles. The summed E-state index contributed by atoms with van der Waals surface area (Å²) in [7, 11) is 0. The molecule has 1 N–H and O–H groups in total. The first kappa shape index (κ1) is 20.7. The van der Waals surface area contributed by atoms with Crippen molar-refractivity contribution in [3.8, 4) is 0 Å². The van der Waals surface area contributed by atoms with Crippen molar-refractivity contribution in [2.45, 2.75) is 65.0 Å². The lowest BCUT2D eigenvalue weighted by Crippen LogP contribution is -2.47. The lowest BCUT2D eigenvalue weighted by molar-refractivity contribution is -0.154. The van der Waals surface area contributed by atoms with Crippen LogP contribution in [-0.2, 0) is 23.8 Å². The van der Waals surface area contributed by atoms with Crippen LogP contribution in [0.2, 0.25) is 0 Å². The predicted molar refractivity (Wildman–Crippen MR) is 101 cm³/mol. The van der Waals surface area contributed by atoms with Gasteiger partial charge in [0.25, 0.3) is 0 Å². The summed E-state index contributed by atoms with van der Waals surface area (Å²) < 4.78 is 16.0. The summed E-state index contributed by atoms with van der Waals surface area (Å²) in [4.78, 5) is 37.1. The maximum atomic E-state index is 13.0. The van der Waals surface area contributed by atoms with Crippen molar-refractivity contribution >= 4 is 18.0 Å². The third kappa shape index (κ3) is 4.18. The molecule has 7 heteroatoms. The number of hydrogen-bond acceptors (Lipinski definition) is 6. The number of fused-ring (bicyclic) bond motifs is 2. The Morgan fingerprint density at radius 2 is 2.04 bits per heavy atom. The van der Waals surface area contributed by atoms with Crippen molar-refractivity contribution < 1.29 is 28.6 Å². The van der Waals surface area contributed by atoms with Crippen LogP contribution in [0.25, 0.3) is 0 Å². The molecule has 6 atom stereocenters. The highest BCUT2D eigenvalue weighted by atomic mass is 16.6. The summed E-state index contributed by atoms with van der Waals surface area (Å²) >= 11 is 0. The minimum Gasteiger partial charge on any atom is -0.465 e. The topological polar surface area (TPSA) is 90.9 Å². The fourth-order valence-corrected chi connectivity index (χ4v) is 4.89. The van der Waals surface area contributed by atoms with E-state index < -0.39 is 12.0 Å². The Kier molecular flexibility index (Phi) is 6.62. The summed E-state index contributed by atoms with van der Waals surface area (Å²) in [5, 5.41) is 2.88. The molecular weight excluding hydrogens is 362 g/mol. The highest BCUT2D eigenvalue weighted by molar-refractivity contribution is 5.82. The van der Waals surface area contributed by atoms with Gasteiger partial charge in [0.15, 0.2) is 0 Å². The number of cyclic esters (lactones) is 1. The van der Waals surface area contributed by atoms with Crippen LogP contribution >= 0.6 is 0 Å². The first-order chi connectivity index (χ1) is 13.5. The van der Waals surface area contributed by atoms with Crippen molar-refractivity contribution in [1.82, 2.24) is 5.32 Å².